The lowest BCUT2D eigenvalue weighted by Gasteiger charge is -2.10. The van der Waals surface area contributed by atoms with Crippen LogP contribution in [0.4, 0.5) is 0 Å². The maximum Gasteiger partial charge on any atom is 0.338 e. The zero-order valence-corrected chi connectivity index (χ0v) is 17.3. The quantitative estimate of drug-likeness (QED) is 0.248. The second-order valence-electron chi connectivity index (χ2n) is 7.25. The molecule has 0 amide bonds. The lowest BCUT2D eigenvalue weighted by atomic mass is 10.00. The zero-order chi connectivity index (χ0) is 22.3. The minimum Gasteiger partial charge on any atom is -0.507 e. The Hall–Kier alpha value is -4.37. The van der Waals surface area contributed by atoms with Crippen molar-refractivity contribution in [2.75, 3.05) is 6.61 Å². The van der Waals surface area contributed by atoms with E-state index in [1.807, 2.05) is 66.7 Å². The number of hydrogen-bond donors (Lipinski definition) is 2. The van der Waals surface area contributed by atoms with Crippen molar-refractivity contribution in [1.82, 2.24) is 9.97 Å². The highest BCUT2D eigenvalue weighted by molar-refractivity contribution is 5.91. The van der Waals surface area contributed by atoms with Gasteiger partial charge in [-0.15, -0.1) is 0 Å². The molecule has 0 saturated heterocycles. The summed E-state index contributed by atoms with van der Waals surface area (Å²) in [6.07, 6.45) is 1.47. The van der Waals surface area contributed by atoms with Crippen LogP contribution in [0.1, 0.15) is 27.3 Å². The standard InChI is InChI=1S/C26H21N3O3/c27-16-21(25-28-22-12-6-7-13-23(22)29-25)24(30)17-32-26(31)20-11-5-4-10-19(20)15-14-18-8-2-1-3-9-18/h1-13,30H,14-15,17H2,(H,28,29). The number of carbonyl (C=O) groups excluding carboxylic acids is 1. The number of aromatic amines is 1. The van der Waals surface area contributed by atoms with Crippen LogP contribution in [0, 0.1) is 11.3 Å². The maximum atomic E-state index is 12.7. The summed E-state index contributed by atoms with van der Waals surface area (Å²) in [5.41, 5.74) is 3.84. The molecule has 1 heterocycles. The Morgan fingerprint density at radius 3 is 2.47 bits per heavy atom. The van der Waals surface area contributed by atoms with Crippen LogP contribution in [0.5, 0.6) is 0 Å². The van der Waals surface area contributed by atoms with Crippen molar-refractivity contribution in [3.05, 3.63) is 107 Å². The van der Waals surface area contributed by atoms with Crippen molar-refractivity contribution in [2.45, 2.75) is 12.8 Å². The monoisotopic (exact) mass is 423 g/mol. The van der Waals surface area contributed by atoms with E-state index in [1.165, 1.54) is 5.56 Å². The predicted octanol–water partition coefficient (Wildman–Crippen LogP) is 5.00. The third-order valence-electron chi connectivity index (χ3n) is 5.13. The largest absolute Gasteiger partial charge is 0.507 e. The van der Waals surface area contributed by atoms with Crippen molar-refractivity contribution in [2.24, 2.45) is 0 Å². The van der Waals surface area contributed by atoms with Crippen LogP contribution in [-0.2, 0) is 17.6 Å². The van der Waals surface area contributed by atoms with Crippen molar-refractivity contribution < 1.29 is 14.6 Å². The first kappa shape index (κ1) is 20.9. The number of nitrogens with one attached hydrogen (secondary N) is 1. The Labute approximate surface area is 185 Å². The molecule has 0 aliphatic heterocycles. The third-order valence-corrected chi connectivity index (χ3v) is 5.13. The summed E-state index contributed by atoms with van der Waals surface area (Å²) < 4.78 is 5.32. The lowest BCUT2D eigenvalue weighted by molar-refractivity contribution is 0.0501. The molecule has 0 spiro atoms. The highest BCUT2D eigenvalue weighted by atomic mass is 16.5. The molecule has 4 rings (SSSR count). The van der Waals surface area contributed by atoms with Gasteiger partial charge in [-0.1, -0.05) is 60.7 Å². The van der Waals surface area contributed by atoms with E-state index in [0.29, 0.717) is 17.5 Å². The molecular weight excluding hydrogens is 402 g/mol. The number of aromatic nitrogens is 2. The number of fused-ring (bicyclic) bond motifs is 1. The van der Waals surface area contributed by atoms with Gasteiger partial charge in [-0.05, 0) is 42.2 Å². The number of imidazole rings is 1. The van der Waals surface area contributed by atoms with E-state index >= 15 is 0 Å². The van der Waals surface area contributed by atoms with Crippen LogP contribution >= 0.6 is 0 Å². The molecule has 0 unspecified atom stereocenters. The third kappa shape index (κ3) is 4.68. The summed E-state index contributed by atoms with van der Waals surface area (Å²) in [5, 5.41) is 19.9. The van der Waals surface area contributed by atoms with E-state index < -0.39 is 12.6 Å². The molecule has 32 heavy (non-hydrogen) atoms. The van der Waals surface area contributed by atoms with Crippen LogP contribution in [0.15, 0.2) is 84.6 Å². The van der Waals surface area contributed by atoms with Gasteiger partial charge in [0.15, 0.2) is 11.6 Å². The molecule has 6 heteroatoms. The number of nitriles is 1. The van der Waals surface area contributed by atoms with Crippen molar-refractivity contribution >= 4 is 22.6 Å². The van der Waals surface area contributed by atoms with Gasteiger partial charge in [0.05, 0.1) is 16.6 Å². The van der Waals surface area contributed by atoms with Crippen LogP contribution in [0.2, 0.25) is 0 Å². The number of allylic oxidation sites excluding steroid dienone is 1. The molecule has 1 aromatic heterocycles. The summed E-state index contributed by atoms with van der Waals surface area (Å²) in [6, 6.07) is 26.5. The van der Waals surface area contributed by atoms with Gasteiger partial charge in [-0.3, -0.25) is 0 Å². The first-order valence-corrected chi connectivity index (χ1v) is 10.2. The number of aliphatic hydroxyl groups is 1. The number of benzene rings is 3. The molecule has 0 radical (unpaired) electrons. The Kier molecular flexibility index (Phi) is 6.28. The molecule has 2 N–H and O–H groups in total. The Morgan fingerprint density at radius 2 is 1.69 bits per heavy atom. The fraction of sp³-hybridized carbons (Fsp3) is 0.115. The van der Waals surface area contributed by atoms with E-state index in [-0.39, 0.29) is 17.2 Å². The molecule has 0 bridgehead atoms. The smallest absolute Gasteiger partial charge is 0.338 e. The average molecular weight is 423 g/mol. The average Bonchev–Trinajstić information content (AvgIpc) is 3.26. The Balaban J connectivity index is 1.47. The molecule has 0 fully saturated rings. The highest BCUT2D eigenvalue weighted by Gasteiger charge is 2.17. The summed E-state index contributed by atoms with van der Waals surface area (Å²) in [5.74, 6) is -0.686. The van der Waals surface area contributed by atoms with E-state index in [4.69, 9.17) is 4.74 Å². The van der Waals surface area contributed by atoms with E-state index in [2.05, 4.69) is 9.97 Å². The number of rotatable bonds is 7. The fourth-order valence-electron chi connectivity index (χ4n) is 3.47. The van der Waals surface area contributed by atoms with Gasteiger partial charge in [0, 0.05) is 0 Å². The van der Waals surface area contributed by atoms with Gasteiger partial charge in [-0.2, -0.15) is 5.26 Å². The Morgan fingerprint density at radius 1 is 0.969 bits per heavy atom. The van der Waals surface area contributed by atoms with Crippen molar-refractivity contribution in [3.8, 4) is 6.07 Å². The molecule has 0 aliphatic rings. The number of esters is 1. The number of nitrogens with zero attached hydrogens (tertiary/aromatic N) is 2. The second-order valence-corrected chi connectivity index (χ2v) is 7.25. The van der Waals surface area contributed by atoms with Gasteiger partial charge < -0.3 is 14.8 Å². The van der Waals surface area contributed by atoms with Crippen LogP contribution < -0.4 is 0 Å². The first-order chi connectivity index (χ1) is 15.7. The van der Waals surface area contributed by atoms with Crippen LogP contribution in [0.25, 0.3) is 16.6 Å². The molecular formula is C26H21N3O3. The van der Waals surface area contributed by atoms with E-state index in [9.17, 15) is 15.2 Å². The summed E-state index contributed by atoms with van der Waals surface area (Å²) >= 11 is 0. The normalized spacial score (nSPS) is 11.6. The summed E-state index contributed by atoms with van der Waals surface area (Å²) in [7, 11) is 0. The number of aliphatic hydroxyl groups excluding tert-OH is 1. The number of hydrogen-bond acceptors (Lipinski definition) is 5. The first-order valence-electron chi connectivity index (χ1n) is 10.2. The zero-order valence-electron chi connectivity index (χ0n) is 17.3. The predicted molar refractivity (Wildman–Crippen MR) is 122 cm³/mol. The van der Waals surface area contributed by atoms with Gasteiger partial charge in [0.2, 0.25) is 0 Å². The molecule has 0 saturated carbocycles. The number of aryl methyl sites for hydroxylation is 2. The minimum atomic E-state index is -0.554. The van der Waals surface area contributed by atoms with E-state index in [1.54, 1.807) is 18.2 Å². The van der Waals surface area contributed by atoms with Gasteiger partial charge in [0.1, 0.15) is 18.2 Å². The molecule has 6 nitrogen and oxygen atoms in total. The summed E-state index contributed by atoms with van der Waals surface area (Å²) in [4.78, 5) is 20.0. The number of para-hydroxylation sites is 2. The minimum absolute atomic E-state index is 0.0636. The maximum absolute atomic E-state index is 12.7. The van der Waals surface area contributed by atoms with Gasteiger partial charge >= 0.3 is 5.97 Å². The SMILES string of the molecule is N#CC(=C(O)COC(=O)c1ccccc1CCc1ccccc1)c1nc2ccccc2[nH]1. The van der Waals surface area contributed by atoms with Crippen molar-refractivity contribution in [1.29, 1.82) is 5.26 Å². The number of carbonyl (C=O) groups is 1. The van der Waals surface area contributed by atoms with Crippen molar-refractivity contribution in [3.63, 3.8) is 0 Å². The molecule has 0 atom stereocenters. The molecule has 3 aromatic carbocycles. The molecule has 4 aromatic rings. The van der Waals surface area contributed by atoms with Crippen LogP contribution in [0.3, 0.4) is 0 Å². The topological polar surface area (TPSA) is 99.0 Å². The summed E-state index contributed by atoms with van der Waals surface area (Å²) in [6.45, 7) is -0.425. The number of ether oxygens (including phenoxy) is 1. The van der Waals surface area contributed by atoms with E-state index in [0.717, 1.165) is 17.5 Å². The molecule has 158 valence electrons. The van der Waals surface area contributed by atoms with Crippen LogP contribution in [-0.4, -0.2) is 27.7 Å². The lowest BCUT2D eigenvalue weighted by Crippen LogP contribution is -2.12. The Bertz CT molecular complexity index is 1280. The second kappa shape index (κ2) is 9.63. The highest BCUT2D eigenvalue weighted by Crippen LogP contribution is 2.20. The number of H-pyrrole nitrogens is 1. The van der Waals surface area contributed by atoms with Gasteiger partial charge in [-0.25, -0.2) is 9.78 Å². The molecule has 0 aliphatic carbocycles. The van der Waals surface area contributed by atoms with Gasteiger partial charge in [0.25, 0.3) is 0 Å². The fourth-order valence-corrected chi connectivity index (χ4v) is 3.47.